The highest BCUT2D eigenvalue weighted by Gasteiger charge is 2.27. The van der Waals surface area contributed by atoms with Gasteiger partial charge < -0.3 is 10.4 Å². The Labute approximate surface area is 112 Å². The van der Waals surface area contributed by atoms with Gasteiger partial charge in [0.05, 0.1) is 16.6 Å². The van der Waals surface area contributed by atoms with Crippen molar-refractivity contribution >= 4 is 21.5 Å². The van der Waals surface area contributed by atoms with E-state index in [1.165, 1.54) is 0 Å². The van der Waals surface area contributed by atoms with Gasteiger partial charge in [0, 0.05) is 18.2 Å². The summed E-state index contributed by atoms with van der Waals surface area (Å²) in [5, 5.41) is 11.5. The predicted molar refractivity (Wildman–Crippen MR) is 72.2 cm³/mol. The van der Waals surface area contributed by atoms with E-state index in [4.69, 9.17) is 5.11 Å². The second-order valence-corrected chi connectivity index (χ2v) is 7.52. The first-order valence-electron chi connectivity index (χ1n) is 6.16. The number of hydrogen-bond acceptors (Lipinski definition) is 4. The molecule has 0 spiro atoms. The van der Waals surface area contributed by atoms with Gasteiger partial charge in [0.1, 0.15) is 0 Å². The van der Waals surface area contributed by atoms with Gasteiger partial charge in [-0.25, -0.2) is 8.42 Å². The van der Waals surface area contributed by atoms with Crippen molar-refractivity contribution in [2.45, 2.75) is 36.3 Å². The molecule has 1 heterocycles. The first kappa shape index (κ1) is 13.9. The molecular weight excluding hydrogens is 266 g/mol. The Morgan fingerprint density at radius 2 is 2.16 bits per heavy atom. The van der Waals surface area contributed by atoms with Crippen molar-refractivity contribution in [3.8, 4) is 0 Å². The summed E-state index contributed by atoms with van der Waals surface area (Å²) in [6.07, 6.45) is 0.00514. The molecule has 104 valence electrons. The standard InChI is InChI=1S/C13H17NO4S/c1-8(2)19(17,18)10-3-4-12-11(6-10)9(7-14-12)5-13(15)16/h3-4,6,8-9,14H,5,7H2,1-2H3,(H,15,16). The highest BCUT2D eigenvalue weighted by Crippen LogP contribution is 2.35. The van der Waals surface area contributed by atoms with Crippen molar-refractivity contribution in [3.63, 3.8) is 0 Å². The zero-order chi connectivity index (χ0) is 14.2. The van der Waals surface area contributed by atoms with Crippen molar-refractivity contribution in [2.24, 2.45) is 0 Å². The van der Waals surface area contributed by atoms with Crippen molar-refractivity contribution in [1.82, 2.24) is 0 Å². The number of hydrogen-bond donors (Lipinski definition) is 2. The predicted octanol–water partition coefficient (Wildman–Crippen LogP) is 1.85. The van der Waals surface area contributed by atoms with E-state index in [1.807, 2.05) is 0 Å². The Morgan fingerprint density at radius 3 is 2.74 bits per heavy atom. The lowest BCUT2D eigenvalue weighted by Crippen LogP contribution is -2.14. The number of fused-ring (bicyclic) bond motifs is 1. The molecule has 1 aromatic carbocycles. The molecular formula is C13H17NO4S. The Morgan fingerprint density at radius 1 is 1.47 bits per heavy atom. The molecule has 1 atom stereocenters. The topological polar surface area (TPSA) is 83.5 Å². The molecule has 0 bridgehead atoms. The highest BCUT2D eigenvalue weighted by molar-refractivity contribution is 7.92. The summed E-state index contributed by atoms with van der Waals surface area (Å²) in [5.74, 6) is -1.05. The van der Waals surface area contributed by atoms with E-state index >= 15 is 0 Å². The van der Waals surface area contributed by atoms with Gasteiger partial charge in [0.2, 0.25) is 0 Å². The third-order valence-corrected chi connectivity index (χ3v) is 5.52. The first-order valence-corrected chi connectivity index (χ1v) is 7.70. The maximum absolute atomic E-state index is 12.1. The van der Waals surface area contributed by atoms with Crippen LogP contribution in [-0.4, -0.2) is 31.3 Å². The fourth-order valence-corrected chi connectivity index (χ4v) is 3.32. The number of benzene rings is 1. The van der Waals surface area contributed by atoms with E-state index in [-0.39, 0.29) is 17.2 Å². The minimum atomic E-state index is -3.33. The van der Waals surface area contributed by atoms with E-state index in [0.717, 1.165) is 11.3 Å². The van der Waals surface area contributed by atoms with E-state index in [2.05, 4.69) is 5.32 Å². The van der Waals surface area contributed by atoms with E-state index in [0.29, 0.717) is 6.54 Å². The second-order valence-electron chi connectivity index (χ2n) is 5.02. The summed E-state index contributed by atoms with van der Waals surface area (Å²) in [6, 6.07) is 4.90. The van der Waals surface area contributed by atoms with Crippen molar-refractivity contribution < 1.29 is 18.3 Å². The molecule has 1 aliphatic rings. The third kappa shape index (κ3) is 2.58. The van der Waals surface area contributed by atoms with Crippen LogP contribution in [0.1, 0.15) is 31.7 Å². The third-order valence-electron chi connectivity index (χ3n) is 3.37. The molecule has 0 saturated carbocycles. The zero-order valence-electron chi connectivity index (χ0n) is 10.9. The number of anilines is 1. The van der Waals surface area contributed by atoms with Crippen LogP contribution in [0.5, 0.6) is 0 Å². The maximum Gasteiger partial charge on any atom is 0.304 e. The fourth-order valence-electron chi connectivity index (χ4n) is 2.22. The van der Waals surface area contributed by atoms with Crippen LogP contribution in [0, 0.1) is 0 Å². The number of carboxylic acid groups (broad SMARTS) is 1. The van der Waals surface area contributed by atoms with Gasteiger partial charge in [-0.15, -0.1) is 0 Å². The average molecular weight is 283 g/mol. The lowest BCUT2D eigenvalue weighted by atomic mass is 9.98. The number of carbonyl (C=O) groups is 1. The maximum atomic E-state index is 12.1. The molecule has 5 nitrogen and oxygen atoms in total. The van der Waals surface area contributed by atoms with Crippen LogP contribution in [0.25, 0.3) is 0 Å². The molecule has 2 N–H and O–H groups in total. The molecule has 0 radical (unpaired) electrons. The second kappa shape index (κ2) is 4.85. The van der Waals surface area contributed by atoms with Crippen LogP contribution >= 0.6 is 0 Å². The number of sulfone groups is 1. The number of aliphatic carboxylic acids is 1. The van der Waals surface area contributed by atoms with Gasteiger partial charge >= 0.3 is 5.97 Å². The van der Waals surface area contributed by atoms with Gasteiger partial charge in [0.25, 0.3) is 0 Å². The van der Waals surface area contributed by atoms with E-state index < -0.39 is 21.1 Å². The molecule has 0 aliphatic carbocycles. The minimum Gasteiger partial charge on any atom is -0.481 e. The van der Waals surface area contributed by atoms with Crippen LogP contribution in [0.2, 0.25) is 0 Å². The summed E-state index contributed by atoms with van der Waals surface area (Å²) < 4.78 is 24.2. The summed E-state index contributed by atoms with van der Waals surface area (Å²) in [4.78, 5) is 11.1. The summed E-state index contributed by atoms with van der Waals surface area (Å²) in [5.41, 5.74) is 1.61. The molecule has 0 aromatic heterocycles. The van der Waals surface area contributed by atoms with Gasteiger partial charge in [-0.3, -0.25) is 4.79 Å². The van der Waals surface area contributed by atoms with E-state index in [9.17, 15) is 13.2 Å². The number of rotatable bonds is 4. The zero-order valence-corrected chi connectivity index (χ0v) is 11.7. The summed E-state index contributed by atoms with van der Waals surface area (Å²) >= 11 is 0. The Balaban J connectivity index is 2.41. The number of carboxylic acids is 1. The minimum absolute atomic E-state index is 0.00514. The molecule has 2 rings (SSSR count). The molecule has 0 amide bonds. The van der Waals surface area contributed by atoms with Crippen molar-refractivity contribution in [2.75, 3.05) is 11.9 Å². The first-order chi connectivity index (χ1) is 8.82. The molecule has 1 aromatic rings. The van der Waals surface area contributed by atoms with Crippen LogP contribution < -0.4 is 5.32 Å². The molecule has 0 fully saturated rings. The normalized spacial score (nSPS) is 18.2. The van der Waals surface area contributed by atoms with Gasteiger partial charge in [-0.1, -0.05) is 0 Å². The Kier molecular flexibility index (Phi) is 3.54. The Hall–Kier alpha value is -1.56. The SMILES string of the molecule is CC(C)S(=O)(=O)c1ccc2c(c1)C(CC(=O)O)CN2. The van der Waals surface area contributed by atoms with Crippen LogP contribution in [0.4, 0.5) is 5.69 Å². The van der Waals surface area contributed by atoms with Gasteiger partial charge in [-0.2, -0.15) is 0 Å². The van der Waals surface area contributed by atoms with Gasteiger partial charge in [-0.05, 0) is 37.6 Å². The lowest BCUT2D eigenvalue weighted by Gasteiger charge is -2.11. The van der Waals surface area contributed by atoms with Gasteiger partial charge in [0.15, 0.2) is 9.84 Å². The van der Waals surface area contributed by atoms with Crippen molar-refractivity contribution in [3.05, 3.63) is 23.8 Å². The largest absolute Gasteiger partial charge is 0.481 e. The van der Waals surface area contributed by atoms with Crippen molar-refractivity contribution in [1.29, 1.82) is 0 Å². The highest BCUT2D eigenvalue weighted by atomic mass is 32.2. The average Bonchev–Trinajstić information content (AvgIpc) is 2.71. The quantitative estimate of drug-likeness (QED) is 0.881. The molecule has 1 aliphatic heterocycles. The Bertz CT molecular complexity index is 607. The van der Waals surface area contributed by atoms with Crippen LogP contribution in [0.3, 0.4) is 0 Å². The summed E-state index contributed by atoms with van der Waals surface area (Å²) in [6.45, 7) is 3.80. The van der Waals surface area contributed by atoms with E-state index in [1.54, 1.807) is 32.0 Å². The van der Waals surface area contributed by atoms with Crippen LogP contribution in [0.15, 0.2) is 23.1 Å². The number of nitrogens with one attached hydrogen (secondary N) is 1. The van der Waals surface area contributed by atoms with Crippen LogP contribution in [-0.2, 0) is 14.6 Å². The molecule has 19 heavy (non-hydrogen) atoms. The molecule has 6 heteroatoms. The summed E-state index contributed by atoms with van der Waals surface area (Å²) in [7, 11) is -3.33. The fraction of sp³-hybridized carbons (Fsp3) is 0.462. The lowest BCUT2D eigenvalue weighted by molar-refractivity contribution is -0.137. The molecule has 1 unspecified atom stereocenters. The molecule has 0 saturated heterocycles. The monoisotopic (exact) mass is 283 g/mol. The smallest absolute Gasteiger partial charge is 0.304 e.